The van der Waals surface area contributed by atoms with Gasteiger partial charge in [0.25, 0.3) is 0 Å². The number of fused-ring (bicyclic) bond motifs is 1. The van der Waals surface area contributed by atoms with E-state index in [2.05, 4.69) is 63.7 Å². The summed E-state index contributed by atoms with van der Waals surface area (Å²) in [5.74, 6) is 1.17. The lowest BCUT2D eigenvalue weighted by Gasteiger charge is -2.12. The average molecular weight is 343 g/mol. The van der Waals surface area contributed by atoms with Gasteiger partial charge in [-0.1, -0.05) is 67.6 Å². The minimum absolute atomic E-state index is 0.356. The second kappa shape index (κ2) is 7.35. The largest absolute Gasteiger partial charge is 0.365 e. The van der Waals surface area contributed by atoms with E-state index in [1.165, 1.54) is 11.1 Å². The van der Waals surface area contributed by atoms with Gasteiger partial charge in [0.15, 0.2) is 5.65 Å². The van der Waals surface area contributed by atoms with Gasteiger partial charge in [0, 0.05) is 19.0 Å². The highest BCUT2D eigenvalue weighted by molar-refractivity contribution is 5.86. The molecule has 0 spiro atoms. The van der Waals surface area contributed by atoms with Crippen LogP contribution in [0.1, 0.15) is 24.0 Å². The van der Waals surface area contributed by atoms with Crippen LogP contribution in [0.5, 0.6) is 0 Å². The van der Waals surface area contributed by atoms with E-state index in [-0.39, 0.29) is 0 Å². The molecule has 4 rings (SSSR count). The molecule has 130 valence electrons. The van der Waals surface area contributed by atoms with Gasteiger partial charge in [0.1, 0.15) is 12.1 Å². The molecule has 0 amide bonds. The van der Waals surface area contributed by atoms with Crippen molar-refractivity contribution in [3.8, 4) is 0 Å². The Morgan fingerprint density at radius 2 is 1.69 bits per heavy atom. The van der Waals surface area contributed by atoms with Crippen LogP contribution in [-0.2, 0) is 13.1 Å². The number of hydrogen-bond acceptors (Lipinski definition) is 4. The van der Waals surface area contributed by atoms with Crippen molar-refractivity contribution in [2.75, 3.05) is 5.32 Å². The first kappa shape index (κ1) is 16.3. The number of nitrogens with one attached hydrogen (secondary N) is 1. The number of aromatic nitrogens is 4. The van der Waals surface area contributed by atoms with Crippen molar-refractivity contribution in [2.45, 2.75) is 25.9 Å². The van der Waals surface area contributed by atoms with Crippen molar-refractivity contribution < 1.29 is 0 Å². The summed E-state index contributed by atoms with van der Waals surface area (Å²) in [5.41, 5.74) is 3.37. The van der Waals surface area contributed by atoms with E-state index in [4.69, 9.17) is 0 Å². The molecular formula is C21H21N5. The highest BCUT2D eigenvalue weighted by Crippen LogP contribution is 2.22. The van der Waals surface area contributed by atoms with Gasteiger partial charge < -0.3 is 5.32 Å². The Morgan fingerprint density at radius 3 is 2.46 bits per heavy atom. The van der Waals surface area contributed by atoms with Crippen molar-refractivity contribution in [3.05, 3.63) is 84.3 Å². The molecule has 4 aromatic rings. The Balaban J connectivity index is 1.55. The molecular weight excluding hydrogens is 322 g/mol. The van der Waals surface area contributed by atoms with Crippen LogP contribution in [-0.4, -0.2) is 19.7 Å². The topological polar surface area (TPSA) is 55.6 Å². The van der Waals surface area contributed by atoms with Crippen LogP contribution in [0.25, 0.3) is 11.0 Å². The summed E-state index contributed by atoms with van der Waals surface area (Å²) in [6, 6.07) is 20.8. The van der Waals surface area contributed by atoms with Crippen LogP contribution in [0.15, 0.2) is 73.2 Å². The van der Waals surface area contributed by atoms with Gasteiger partial charge >= 0.3 is 0 Å². The van der Waals surface area contributed by atoms with Crippen molar-refractivity contribution in [1.82, 2.24) is 19.7 Å². The molecule has 2 heterocycles. The van der Waals surface area contributed by atoms with Crippen LogP contribution in [0.2, 0.25) is 0 Å². The fraction of sp³-hybridized carbons (Fsp3) is 0.190. The summed E-state index contributed by atoms with van der Waals surface area (Å²) in [5, 5.41) is 8.90. The summed E-state index contributed by atoms with van der Waals surface area (Å²) in [7, 11) is 0. The van der Waals surface area contributed by atoms with Crippen LogP contribution in [0, 0.1) is 0 Å². The lowest BCUT2D eigenvalue weighted by Crippen LogP contribution is -2.09. The van der Waals surface area contributed by atoms with Crippen LogP contribution >= 0.6 is 0 Å². The quantitative estimate of drug-likeness (QED) is 0.569. The predicted molar refractivity (Wildman–Crippen MR) is 104 cm³/mol. The zero-order valence-electron chi connectivity index (χ0n) is 14.7. The van der Waals surface area contributed by atoms with Crippen molar-refractivity contribution in [1.29, 1.82) is 0 Å². The van der Waals surface area contributed by atoms with Gasteiger partial charge in [-0.3, -0.25) is 0 Å². The Hall–Kier alpha value is -3.21. The molecule has 0 aliphatic heterocycles. The predicted octanol–water partition coefficient (Wildman–Crippen LogP) is 4.24. The Labute approximate surface area is 152 Å². The monoisotopic (exact) mass is 343 g/mol. The first-order valence-electron chi connectivity index (χ1n) is 8.80. The zero-order chi connectivity index (χ0) is 17.8. The summed E-state index contributed by atoms with van der Waals surface area (Å²) in [6.07, 6.45) is 3.45. The Morgan fingerprint density at radius 1 is 0.962 bits per heavy atom. The normalized spacial score (nSPS) is 12.2. The number of benzene rings is 2. The number of anilines is 1. The minimum Gasteiger partial charge on any atom is -0.365 e. The molecule has 1 unspecified atom stereocenters. The maximum atomic E-state index is 4.55. The van der Waals surface area contributed by atoms with E-state index in [0.717, 1.165) is 29.9 Å². The molecule has 1 N–H and O–H groups in total. The van der Waals surface area contributed by atoms with E-state index in [9.17, 15) is 0 Å². The van der Waals surface area contributed by atoms with E-state index in [1.54, 1.807) is 6.33 Å². The third-order valence-corrected chi connectivity index (χ3v) is 4.55. The van der Waals surface area contributed by atoms with Gasteiger partial charge in [0.2, 0.25) is 0 Å². The molecule has 0 aliphatic carbocycles. The molecule has 1 atom stereocenters. The molecule has 26 heavy (non-hydrogen) atoms. The SMILES string of the molecule is CC(Cn1ncc2c(NCc3ccccc3)ncnc21)c1ccccc1. The van der Waals surface area contributed by atoms with E-state index < -0.39 is 0 Å². The third kappa shape index (κ3) is 3.42. The first-order chi connectivity index (χ1) is 12.8. The highest BCUT2D eigenvalue weighted by atomic mass is 15.3. The van der Waals surface area contributed by atoms with Gasteiger partial charge in [-0.2, -0.15) is 5.10 Å². The molecule has 0 bridgehead atoms. The molecule has 0 saturated carbocycles. The van der Waals surface area contributed by atoms with Crippen LogP contribution in [0.3, 0.4) is 0 Å². The number of rotatable bonds is 6. The van der Waals surface area contributed by atoms with Crippen LogP contribution < -0.4 is 5.32 Å². The van der Waals surface area contributed by atoms with Gasteiger partial charge in [0.05, 0.1) is 11.6 Å². The molecule has 0 radical (unpaired) electrons. The lowest BCUT2D eigenvalue weighted by molar-refractivity contribution is 0.554. The average Bonchev–Trinajstić information content (AvgIpc) is 3.11. The maximum absolute atomic E-state index is 4.55. The third-order valence-electron chi connectivity index (χ3n) is 4.55. The molecule has 5 nitrogen and oxygen atoms in total. The second-order valence-corrected chi connectivity index (χ2v) is 6.44. The molecule has 0 aliphatic rings. The number of nitrogens with zero attached hydrogens (tertiary/aromatic N) is 4. The lowest BCUT2D eigenvalue weighted by atomic mass is 10.0. The second-order valence-electron chi connectivity index (χ2n) is 6.44. The zero-order valence-corrected chi connectivity index (χ0v) is 14.7. The van der Waals surface area contributed by atoms with E-state index >= 15 is 0 Å². The minimum atomic E-state index is 0.356. The van der Waals surface area contributed by atoms with Gasteiger partial charge in [-0.05, 0) is 11.1 Å². The smallest absolute Gasteiger partial charge is 0.163 e. The van der Waals surface area contributed by atoms with Gasteiger partial charge in [-0.25, -0.2) is 14.6 Å². The Bertz CT molecular complexity index is 979. The molecule has 0 saturated heterocycles. The van der Waals surface area contributed by atoms with Crippen molar-refractivity contribution >= 4 is 16.9 Å². The van der Waals surface area contributed by atoms with E-state index in [0.29, 0.717) is 5.92 Å². The maximum Gasteiger partial charge on any atom is 0.163 e. The standard InChI is InChI=1S/C21H21N5/c1-16(18-10-6-3-7-11-18)14-26-21-19(13-25-26)20(23-15-24-21)22-12-17-8-4-2-5-9-17/h2-11,13,15-16H,12,14H2,1H3,(H,22,23,24). The van der Waals surface area contributed by atoms with Gasteiger partial charge in [-0.15, -0.1) is 0 Å². The molecule has 2 aromatic heterocycles. The molecule has 2 aromatic carbocycles. The van der Waals surface area contributed by atoms with Crippen molar-refractivity contribution in [3.63, 3.8) is 0 Å². The van der Waals surface area contributed by atoms with Crippen molar-refractivity contribution in [2.24, 2.45) is 0 Å². The van der Waals surface area contributed by atoms with E-state index in [1.807, 2.05) is 35.1 Å². The molecule has 5 heteroatoms. The summed E-state index contributed by atoms with van der Waals surface area (Å²) in [4.78, 5) is 8.85. The first-order valence-corrected chi connectivity index (χ1v) is 8.80. The summed E-state index contributed by atoms with van der Waals surface area (Å²) >= 11 is 0. The van der Waals surface area contributed by atoms with Crippen LogP contribution in [0.4, 0.5) is 5.82 Å². The fourth-order valence-electron chi connectivity index (χ4n) is 3.10. The number of hydrogen-bond donors (Lipinski definition) is 1. The summed E-state index contributed by atoms with van der Waals surface area (Å²) < 4.78 is 1.96. The Kier molecular flexibility index (Phi) is 4.60. The summed E-state index contributed by atoms with van der Waals surface area (Å²) in [6.45, 7) is 3.71. The highest BCUT2D eigenvalue weighted by Gasteiger charge is 2.13. The fourth-order valence-corrected chi connectivity index (χ4v) is 3.10. The molecule has 0 fully saturated rings.